The van der Waals surface area contributed by atoms with Crippen LogP contribution in [0.25, 0.3) is 0 Å². The van der Waals surface area contributed by atoms with Crippen molar-refractivity contribution in [2.24, 2.45) is 10.8 Å². The maximum atomic E-state index is 12.2. The molecule has 0 aliphatic carbocycles. The molecule has 0 aromatic heterocycles. The molecule has 254 valence electrons. The van der Waals surface area contributed by atoms with E-state index in [0.29, 0.717) is 11.3 Å². The van der Waals surface area contributed by atoms with Crippen molar-refractivity contribution in [2.45, 2.75) is 121 Å². The number of aryl methyl sites for hydroxylation is 6. The molecule has 2 heterocycles. The van der Waals surface area contributed by atoms with Crippen LogP contribution in [0.15, 0.2) is 36.4 Å². The Balaban J connectivity index is 1.67. The fraction of sp³-hybridized carbons (Fsp3) is 0.455. The highest BCUT2D eigenvalue weighted by Crippen LogP contribution is 2.65. The lowest BCUT2D eigenvalue weighted by Gasteiger charge is -2.50. The quantitative estimate of drug-likeness (QED) is 0.233. The van der Waals surface area contributed by atoms with Crippen LogP contribution < -0.4 is 9.47 Å². The van der Waals surface area contributed by atoms with E-state index in [1.165, 1.54) is 33.4 Å². The molecule has 2 N–H and O–H groups in total. The zero-order chi connectivity index (χ0) is 35.4. The summed E-state index contributed by atoms with van der Waals surface area (Å²) in [6.45, 7) is 30.5. The van der Waals surface area contributed by atoms with Crippen molar-refractivity contribution in [3.63, 3.8) is 0 Å². The largest absolute Gasteiger partial charge is 0.508 e. The van der Waals surface area contributed by atoms with Gasteiger partial charge in [0.2, 0.25) is 0 Å². The minimum Gasteiger partial charge on any atom is -0.508 e. The summed E-state index contributed by atoms with van der Waals surface area (Å²) in [6, 6.07) is 12.8. The summed E-state index contributed by atoms with van der Waals surface area (Å²) in [6.07, 6.45) is -0.568. The van der Waals surface area contributed by atoms with Crippen LogP contribution in [0.1, 0.15) is 137 Å². The molecule has 2 aliphatic rings. The first-order valence-electron chi connectivity index (χ1n) is 17.5. The third kappa shape index (κ3) is 4.92. The van der Waals surface area contributed by atoms with E-state index < -0.39 is 5.41 Å². The van der Waals surface area contributed by atoms with E-state index in [0.717, 1.165) is 44.7 Å². The summed E-state index contributed by atoms with van der Waals surface area (Å²) in [5, 5.41) is 23.3. The monoisotopic (exact) mass is 646 g/mol. The third-order valence-electron chi connectivity index (χ3n) is 12.5. The Hall–Kier alpha value is -3.92. The number of hydrogen-bond donors (Lipinski definition) is 2. The van der Waals surface area contributed by atoms with Crippen LogP contribution in [-0.4, -0.2) is 10.2 Å². The molecule has 4 aromatic carbocycles. The Kier molecular flexibility index (Phi) is 8.01. The highest BCUT2D eigenvalue weighted by molar-refractivity contribution is 5.66. The van der Waals surface area contributed by atoms with Crippen molar-refractivity contribution < 1.29 is 19.7 Å². The average molecular weight is 647 g/mol. The van der Waals surface area contributed by atoms with Gasteiger partial charge in [-0.3, -0.25) is 0 Å². The van der Waals surface area contributed by atoms with Gasteiger partial charge in [0.15, 0.2) is 0 Å². The minimum atomic E-state index is -0.526. The molecule has 0 spiro atoms. The van der Waals surface area contributed by atoms with Crippen molar-refractivity contribution in [2.75, 3.05) is 0 Å². The second kappa shape index (κ2) is 11.3. The Labute approximate surface area is 288 Å². The van der Waals surface area contributed by atoms with E-state index in [4.69, 9.17) is 9.47 Å². The standard InChI is InChI=1S/C44H54O4/c1-21-15-31(16-22(2)27(21)7)41-43(11,12)30(10)35-25(5)20-34(46)37(40(35)48-41)38-36-26(6)19-33(45)29(9)39(36)47-42(44(38,13)14)32-17-23(3)28(8)24(4)18-32/h15-20,30,38,41-42,45-46H,1-14H3. The van der Waals surface area contributed by atoms with Gasteiger partial charge in [-0.2, -0.15) is 0 Å². The molecule has 0 radical (unpaired) electrons. The molecule has 4 aromatic rings. The Morgan fingerprint density at radius 1 is 0.479 bits per heavy atom. The first kappa shape index (κ1) is 34.0. The smallest absolute Gasteiger partial charge is 0.131 e. The second-order valence-electron chi connectivity index (χ2n) is 16.3. The van der Waals surface area contributed by atoms with Crippen molar-refractivity contribution >= 4 is 0 Å². The maximum absolute atomic E-state index is 12.2. The number of aromatic hydroxyl groups is 2. The summed E-state index contributed by atoms with van der Waals surface area (Å²) in [4.78, 5) is 0. The number of phenolic OH excluding ortho intramolecular Hbond substituents is 2. The maximum Gasteiger partial charge on any atom is 0.131 e. The van der Waals surface area contributed by atoms with E-state index >= 15 is 0 Å². The fourth-order valence-corrected chi connectivity index (χ4v) is 8.76. The van der Waals surface area contributed by atoms with Gasteiger partial charge in [-0.15, -0.1) is 0 Å². The number of phenols is 2. The van der Waals surface area contributed by atoms with Crippen molar-refractivity contribution in [1.82, 2.24) is 0 Å². The lowest BCUT2D eigenvalue weighted by atomic mass is 9.61. The van der Waals surface area contributed by atoms with Gasteiger partial charge in [-0.25, -0.2) is 0 Å². The lowest BCUT2D eigenvalue weighted by molar-refractivity contribution is 0.0199. The molecular formula is C44H54O4. The molecule has 6 rings (SSSR count). The zero-order valence-corrected chi connectivity index (χ0v) is 31.5. The van der Waals surface area contributed by atoms with E-state index in [2.05, 4.69) is 107 Å². The topological polar surface area (TPSA) is 58.9 Å². The van der Waals surface area contributed by atoms with Crippen LogP contribution in [0.3, 0.4) is 0 Å². The van der Waals surface area contributed by atoms with Crippen molar-refractivity contribution in [3.8, 4) is 23.0 Å². The van der Waals surface area contributed by atoms with Gasteiger partial charge in [-0.1, -0.05) is 58.9 Å². The molecule has 4 atom stereocenters. The van der Waals surface area contributed by atoms with E-state index in [-0.39, 0.29) is 41.0 Å². The molecule has 2 aliphatic heterocycles. The summed E-state index contributed by atoms with van der Waals surface area (Å²) in [5.41, 5.74) is 14.7. The minimum absolute atomic E-state index is 0.149. The molecule has 0 fully saturated rings. The first-order valence-corrected chi connectivity index (χ1v) is 17.5. The van der Waals surface area contributed by atoms with Gasteiger partial charge in [0, 0.05) is 39.0 Å². The van der Waals surface area contributed by atoms with Gasteiger partial charge >= 0.3 is 0 Å². The predicted molar refractivity (Wildman–Crippen MR) is 196 cm³/mol. The molecule has 0 saturated carbocycles. The number of ether oxygens (including phenoxy) is 2. The SMILES string of the molecule is Cc1cc(C2Oc3c(c(C)cc(O)c3C3c4c(C)cc(O)c(C)c4OC(c4cc(C)c(C)c(C)c4)C3(C)C)C(C)C2(C)C)cc(C)c1C. The number of fused-ring (bicyclic) bond motifs is 2. The highest BCUT2D eigenvalue weighted by atomic mass is 16.5. The summed E-state index contributed by atoms with van der Waals surface area (Å²) in [5.74, 6) is 1.78. The molecule has 4 nitrogen and oxygen atoms in total. The lowest BCUT2D eigenvalue weighted by Crippen LogP contribution is -2.41. The van der Waals surface area contributed by atoms with Crippen molar-refractivity contribution in [1.29, 1.82) is 0 Å². The van der Waals surface area contributed by atoms with Gasteiger partial charge in [0.05, 0.1) is 0 Å². The number of hydrogen-bond acceptors (Lipinski definition) is 4. The molecule has 4 unspecified atom stereocenters. The second-order valence-corrected chi connectivity index (χ2v) is 16.3. The van der Waals surface area contributed by atoms with Crippen LogP contribution in [0.2, 0.25) is 0 Å². The Morgan fingerprint density at radius 3 is 1.40 bits per heavy atom. The van der Waals surface area contributed by atoms with Gasteiger partial charge in [0.1, 0.15) is 35.2 Å². The summed E-state index contributed by atoms with van der Waals surface area (Å²) >= 11 is 0. The molecule has 4 heteroatoms. The Morgan fingerprint density at radius 2 is 0.896 bits per heavy atom. The summed E-state index contributed by atoms with van der Waals surface area (Å²) in [7, 11) is 0. The van der Waals surface area contributed by atoms with Gasteiger partial charge in [-0.05, 0) is 136 Å². The third-order valence-corrected chi connectivity index (χ3v) is 12.5. The number of benzene rings is 4. The molecule has 0 saturated heterocycles. The first-order chi connectivity index (χ1) is 22.3. The summed E-state index contributed by atoms with van der Waals surface area (Å²) < 4.78 is 14.4. The number of rotatable bonds is 3. The molecule has 48 heavy (non-hydrogen) atoms. The fourth-order valence-electron chi connectivity index (χ4n) is 8.76. The molecule has 0 bridgehead atoms. The molecule has 0 amide bonds. The van der Waals surface area contributed by atoms with Gasteiger partial charge in [0.25, 0.3) is 0 Å². The van der Waals surface area contributed by atoms with Crippen molar-refractivity contribution in [3.05, 3.63) is 114 Å². The normalized spacial score (nSPS) is 22.4. The van der Waals surface area contributed by atoms with Crippen LogP contribution in [0.5, 0.6) is 23.0 Å². The molecular weight excluding hydrogens is 592 g/mol. The van der Waals surface area contributed by atoms with E-state index in [1.54, 1.807) is 0 Å². The van der Waals surface area contributed by atoms with Crippen LogP contribution in [0, 0.1) is 73.1 Å². The Bertz CT molecular complexity index is 1930. The van der Waals surface area contributed by atoms with Gasteiger partial charge < -0.3 is 19.7 Å². The van der Waals surface area contributed by atoms with Crippen LogP contribution in [-0.2, 0) is 0 Å². The highest BCUT2D eigenvalue weighted by Gasteiger charge is 2.52. The van der Waals surface area contributed by atoms with Crippen LogP contribution >= 0.6 is 0 Å². The average Bonchev–Trinajstić information content (AvgIpc) is 2.98. The van der Waals surface area contributed by atoms with E-state index in [1.807, 2.05) is 26.0 Å². The van der Waals surface area contributed by atoms with E-state index in [9.17, 15) is 10.2 Å². The zero-order valence-electron chi connectivity index (χ0n) is 31.5. The predicted octanol–water partition coefficient (Wildman–Crippen LogP) is 11.4. The van der Waals surface area contributed by atoms with Crippen LogP contribution in [0.4, 0.5) is 0 Å².